The van der Waals surface area contributed by atoms with Gasteiger partial charge >= 0.3 is 0 Å². The average Bonchev–Trinajstić information content (AvgIpc) is 2.62. The van der Waals surface area contributed by atoms with Gasteiger partial charge < -0.3 is 0 Å². The highest BCUT2D eigenvalue weighted by Gasteiger charge is 2.05. The van der Waals surface area contributed by atoms with E-state index in [-0.39, 0.29) is 0 Å². The summed E-state index contributed by atoms with van der Waals surface area (Å²) in [5, 5.41) is 0. The Hall–Kier alpha value is -1.82. The third kappa shape index (κ3) is 7.32. The average molecular weight is 306 g/mol. The van der Waals surface area contributed by atoms with Crippen molar-refractivity contribution in [2.24, 2.45) is 5.92 Å². The summed E-state index contributed by atoms with van der Waals surface area (Å²) >= 11 is 0. The van der Waals surface area contributed by atoms with Crippen molar-refractivity contribution in [3.8, 4) is 0 Å². The topological polar surface area (TPSA) is 0 Å². The summed E-state index contributed by atoms with van der Waals surface area (Å²) in [6.45, 7) is 2.29. The van der Waals surface area contributed by atoms with E-state index in [1.54, 1.807) is 0 Å². The fourth-order valence-electron chi connectivity index (χ4n) is 2.98. The Balaban J connectivity index is 1.78. The minimum atomic E-state index is 0.728. The molecule has 0 N–H and O–H groups in total. The molecule has 1 atom stereocenters. The van der Waals surface area contributed by atoms with Crippen molar-refractivity contribution in [1.82, 2.24) is 0 Å². The number of hydrogen-bond acceptors (Lipinski definition) is 0. The van der Waals surface area contributed by atoms with E-state index in [1.807, 2.05) is 0 Å². The molecule has 2 aromatic rings. The van der Waals surface area contributed by atoms with Gasteiger partial charge in [0.2, 0.25) is 0 Å². The van der Waals surface area contributed by atoms with Crippen LogP contribution < -0.4 is 0 Å². The van der Waals surface area contributed by atoms with Gasteiger partial charge in [0.05, 0.1) is 0 Å². The molecule has 0 radical (unpaired) electrons. The molecular weight excluding hydrogens is 276 g/mol. The van der Waals surface area contributed by atoms with Crippen molar-refractivity contribution in [2.75, 3.05) is 0 Å². The molecule has 0 aliphatic rings. The second-order valence-electron chi connectivity index (χ2n) is 6.38. The molecule has 0 saturated carbocycles. The maximum absolute atomic E-state index is 2.47. The highest BCUT2D eigenvalue weighted by Crippen LogP contribution is 2.18. The smallest absolute Gasteiger partial charge is 0.0230 e. The predicted octanol–water partition coefficient (Wildman–Crippen LogP) is 6.61. The second-order valence-corrected chi connectivity index (χ2v) is 6.38. The van der Waals surface area contributed by atoms with Gasteiger partial charge in [0, 0.05) is 0 Å². The SMILES string of the molecule is CCCCC(/C=C/CCc1ccccc1)CCc1ccccc1. The van der Waals surface area contributed by atoms with E-state index in [1.165, 1.54) is 43.2 Å². The van der Waals surface area contributed by atoms with Crippen LogP contribution in [0.1, 0.15) is 50.2 Å². The van der Waals surface area contributed by atoms with Gasteiger partial charge in [0.25, 0.3) is 0 Å². The Bertz CT molecular complexity index is 539. The molecule has 0 spiro atoms. The molecule has 0 aliphatic carbocycles. The van der Waals surface area contributed by atoms with E-state index in [0.717, 1.165) is 18.8 Å². The Morgan fingerprint density at radius 3 is 2.00 bits per heavy atom. The third-order valence-corrected chi connectivity index (χ3v) is 4.43. The van der Waals surface area contributed by atoms with E-state index < -0.39 is 0 Å². The Morgan fingerprint density at radius 1 is 0.783 bits per heavy atom. The Kier molecular flexibility index (Phi) is 8.26. The summed E-state index contributed by atoms with van der Waals surface area (Å²) in [5.41, 5.74) is 2.90. The molecule has 0 nitrogen and oxygen atoms in total. The van der Waals surface area contributed by atoms with Crippen LogP contribution in [0.2, 0.25) is 0 Å². The number of benzene rings is 2. The van der Waals surface area contributed by atoms with Crippen molar-refractivity contribution >= 4 is 0 Å². The lowest BCUT2D eigenvalue weighted by Gasteiger charge is -2.12. The van der Waals surface area contributed by atoms with Crippen molar-refractivity contribution in [3.05, 3.63) is 83.9 Å². The van der Waals surface area contributed by atoms with Crippen LogP contribution in [0.4, 0.5) is 0 Å². The summed E-state index contributed by atoms with van der Waals surface area (Å²) in [7, 11) is 0. The molecule has 0 bridgehead atoms. The molecule has 23 heavy (non-hydrogen) atoms. The van der Waals surface area contributed by atoms with E-state index in [2.05, 4.69) is 79.7 Å². The van der Waals surface area contributed by atoms with Crippen LogP contribution in [0.5, 0.6) is 0 Å². The van der Waals surface area contributed by atoms with E-state index in [9.17, 15) is 0 Å². The molecule has 0 amide bonds. The lowest BCUT2D eigenvalue weighted by Crippen LogP contribution is -1.99. The zero-order valence-corrected chi connectivity index (χ0v) is 14.5. The van der Waals surface area contributed by atoms with Crippen LogP contribution in [0.25, 0.3) is 0 Å². The third-order valence-electron chi connectivity index (χ3n) is 4.43. The van der Waals surface area contributed by atoms with Crippen molar-refractivity contribution in [1.29, 1.82) is 0 Å². The fourth-order valence-corrected chi connectivity index (χ4v) is 2.98. The zero-order valence-electron chi connectivity index (χ0n) is 14.5. The monoisotopic (exact) mass is 306 g/mol. The standard InChI is InChI=1S/C23H30/c1-2-3-12-22(19-20-23-15-8-5-9-16-23)18-11-10-17-21-13-6-4-7-14-21/h4-9,11,13-16,18,22H,2-3,10,12,17,19-20H2,1H3/b18-11+. The summed E-state index contributed by atoms with van der Waals surface area (Å²) in [6.07, 6.45) is 13.6. The molecular formula is C23H30. The fraction of sp³-hybridized carbons (Fsp3) is 0.391. The summed E-state index contributed by atoms with van der Waals surface area (Å²) in [5.74, 6) is 0.728. The summed E-state index contributed by atoms with van der Waals surface area (Å²) in [4.78, 5) is 0. The molecule has 1 unspecified atom stereocenters. The van der Waals surface area contributed by atoms with Crippen molar-refractivity contribution in [3.63, 3.8) is 0 Å². The summed E-state index contributed by atoms with van der Waals surface area (Å²) in [6, 6.07) is 21.7. The van der Waals surface area contributed by atoms with Crippen LogP contribution in [0.3, 0.4) is 0 Å². The largest absolute Gasteiger partial charge is 0.0879 e. The molecule has 2 rings (SSSR count). The molecule has 0 aromatic heterocycles. The van der Waals surface area contributed by atoms with E-state index in [4.69, 9.17) is 0 Å². The van der Waals surface area contributed by atoms with Gasteiger partial charge in [-0.05, 0) is 49.1 Å². The maximum atomic E-state index is 2.47. The van der Waals surface area contributed by atoms with Gasteiger partial charge in [-0.25, -0.2) is 0 Å². The summed E-state index contributed by atoms with van der Waals surface area (Å²) < 4.78 is 0. The quantitative estimate of drug-likeness (QED) is 0.433. The highest BCUT2D eigenvalue weighted by molar-refractivity contribution is 5.16. The number of hydrogen-bond donors (Lipinski definition) is 0. The van der Waals surface area contributed by atoms with Gasteiger partial charge in [0.15, 0.2) is 0 Å². The lowest BCUT2D eigenvalue weighted by atomic mass is 9.93. The molecule has 0 saturated heterocycles. The molecule has 0 heterocycles. The number of aryl methyl sites for hydroxylation is 2. The maximum Gasteiger partial charge on any atom is -0.0230 e. The Morgan fingerprint density at radius 2 is 1.39 bits per heavy atom. The van der Waals surface area contributed by atoms with Crippen LogP contribution in [0, 0.1) is 5.92 Å². The van der Waals surface area contributed by atoms with Crippen LogP contribution in [-0.4, -0.2) is 0 Å². The van der Waals surface area contributed by atoms with Crippen molar-refractivity contribution < 1.29 is 0 Å². The number of allylic oxidation sites excluding steroid dienone is 2. The van der Waals surface area contributed by atoms with Gasteiger partial charge in [-0.1, -0.05) is 92.6 Å². The molecule has 0 fully saturated rings. The minimum absolute atomic E-state index is 0.728. The normalized spacial score (nSPS) is 12.6. The van der Waals surface area contributed by atoms with Crippen molar-refractivity contribution in [2.45, 2.75) is 51.9 Å². The highest BCUT2D eigenvalue weighted by atomic mass is 14.1. The molecule has 0 aliphatic heterocycles. The molecule has 0 heteroatoms. The zero-order chi connectivity index (χ0) is 16.2. The Labute approximate surface area is 142 Å². The first-order valence-corrected chi connectivity index (χ1v) is 9.13. The second kappa shape index (κ2) is 10.8. The van der Waals surface area contributed by atoms with Gasteiger partial charge in [-0.2, -0.15) is 0 Å². The van der Waals surface area contributed by atoms with Gasteiger partial charge in [0.1, 0.15) is 0 Å². The van der Waals surface area contributed by atoms with Crippen LogP contribution >= 0.6 is 0 Å². The van der Waals surface area contributed by atoms with Crippen LogP contribution in [-0.2, 0) is 12.8 Å². The van der Waals surface area contributed by atoms with Gasteiger partial charge in [-0.15, -0.1) is 0 Å². The number of unbranched alkanes of at least 4 members (excludes halogenated alkanes) is 1. The molecule has 2 aromatic carbocycles. The molecule has 122 valence electrons. The van der Waals surface area contributed by atoms with Gasteiger partial charge in [-0.3, -0.25) is 0 Å². The lowest BCUT2D eigenvalue weighted by molar-refractivity contribution is 0.517. The number of rotatable bonds is 10. The minimum Gasteiger partial charge on any atom is -0.0879 e. The first-order chi connectivity index (χ1) is 11.4. The van der Waals surface area contributed by atoms with E-state index in [0.29, 0.717) is 0 Å². The van der Waals surface area contributed by atoms with E-state index >= 15 is 0 Å². The first-order valence-electron chi connectivity index (χ1n) is 9.13. The first kappa shape index (κ1) is 17.5. The van der Waals surface area contributed by atoms with Crippen LogP contribution in [0.15, 0.2) is 72.8 Å². The predicted molar refractivity (Wildman–Crippen MR) is 102 cm³/mol.